The van der Waals surface area contributed by atoms with Crippen molar-refractivity contribution in [2.45, 2.75) is 70.8 Å². The monoisotopic (exact) mass is 333 g/mol. The molecule has 1 aliphatic rings. The summed E-state index contributed by atoms with van der Waals surface area (Å²) >= 11 is 0. The number of carbonyl (C=O) groups excluding carboxylic acids is 1. The molecule has 134 valence electrons. The molecule has 0 spiro atoms. The minimum absolute atomic E-state index is 0.150. The summed E-state index contributed by atoms with van der Waals surface area (Å²) in [4.78, 5) is 11.7. The third-order valence-corrected chi connectivity index (χ3v) is 4.44. The number of benzene rings is 1. The predicted molar refractivity (Wildman–Crippen MR) is 96.6 cm³/mol. The maximum Gasteiger partial charge on any atom is 0.311 e. The molecule has 0 aliphatic carbocycles. The lowest BCUT2D eigenvalue weighted by Crippen LogP contribution is -2.35. The molecule has 0 aromatic heterocycles. The van der Waals surface area contributed by atoms with Crippen molar-refractivity contribution < 1.29 is 14.3 Å². The molecule has 4 nitrogen and oxygen atoms in total. The molecule has 4 heteroatoms. The Morgan fingerprint density at radius 3 is 2.62 bits per heavy atom. The first-order valence-corrected chi connectivity index (χ1v) is 9.45. The Morgan fingerprint density at radius 2 is 1.92 bits per heavy atom. The van der Waals surface area contributed by atoms with Gasteiger partial charge in [0.15, 0.2) is 0 Å². The lowest BCUT2D eigenvalue weighted by molar-refractivity contribution is -0.134. The summed E-state index contributed by atoms with van der Waals surface area (Å²) in [6.07, 6.45) is 9.73. The average molecular weight is 333 g/mol. The molecule has 2 rings (SSSR count). The number of rotatable bonds is 10. The van der Waals surface area contributed by atoms with Gasteiger partial charge < -0.3 is 14.8 Å². The summed E-state index contributed by atoms with van der Waals surface area (Å²) in [5, 5.41) is 3.52. The molecule has 1 aromatic rings. The van der Waals surface area contributed by atoms with Gasteiger partial charge in [-0.2, -0.15) is 0 Å². The first kappa shape index (κ1) is 18.8. The Bertz CT molecular complexity index is 466. The number of hydrogen-bond donors (Lipinski definition) is 1. The van der Waals surface area contributed by atoms with E-state index in [-0.39, 0.29) is 5.97 Å². The second-order valence-electron chi connectivity index (χ2n) is 6.54. The maximum absolute atomic E-state index is 11.7. The summed E-state index contributed by atoms with van der Waals surface area (Å²) in [6.45, 7) is 4.00. The molecule has 1 N–H and O–H groups in total. The van der Waals surface area contributed by atoms with Gasteiger partial charge in [-0.1, -0.05) is 32.6 Å². The SMILES string of the molecule is CCCCCCC(=O)Oc1ccc(OCCC2CCCCN2)cc1. The highest BCUT2D eigenvalue weighted by Gasteiger charge is 2.12. The Kier molecular flexibility index (Phi) is 8.67. The number of piperidine rings is 1. The van der Waals surface area contributed by atoms with Crippen LogP contribution in [0.4, 0.5) is 0 Å². The lowest BCUT2D eigenvalue weighted by Gasteiger charge is -2.23. The fourth-order valence-electron chi connectivity index (χ4n) is 2.97. The zero-order valence-electron chi connectivity index (χ0n) is 14.9. The Balaban J connectivity index is 1.63. The van der Waals surface area contributed by atoms with Crippen LogP contribution in [0.5, 0.6) is 11.5 Å². The number of ether oxygens (including phenoxy) is 2. The summed E-state index contributed by atoms with van der Waals surface area (Å²) in [5.41, 5.74) is 0. The molecule has 1 atom stereocenters. The second kappa shape index (κ2) is 11.1. The van der Waals surface area contributed by atoms with Gasteiger partial charge in [0.25, 0.3) is 0 Å². The fraction of sp³-hybridized carbons (Fsp3) is 0.650. The molecule has 1 unspecified atom stereocenters. The molecule has 0 saturated carbocycles. The van der Waals surface area contributed by atoms with Gasteiger partial charge in [0.05, 0.1) is 6.61 Å². The van der Waals surface area contributed by atoms with Crippen LogP contribution in [0.3, 0.4) is 0 Å². The molecule has 1 heterocycles. The van der Waals surface area contributed by atoms with Crippen LogP contribution >= 0.6 is 0 Å². The minimum atomic E-state index is -0.150. The summed E-state index contributed by atoms with van der Waals surface area (Å²) in [5.74, 6) is 1.27. The normalized spacial score (nSPS) is 17.5. The van der Waals surface area contributed by atoms with Crippen molar-refractivity contribution in [2.75, 3.05) is 13.2 Å². The first-order valence-electron chi connectivity index (χ1n) is 9.45. The van der Waals surface area contributed by atoms with Gasteiger partial charge in [-0.15, -0.1) is 0 Å². The Morgan fingerprint density at radius 1 is 1.12 bits per heavy atom. The number of unbranched alkanes of at least 4 members (excludes halogenated alkanes) is 3. The van der Waals surface area contributed by atoms with E-state index in [4.69, 9.17) is 9.47 Å². The summed E-state index contributed by atoms with van der Waals surface area (Å²) in [7, 11) is 0. The molecule has 24 heavy (non-hydrogen) atoms. The smallest absolute Gasteiger partial charge is 0.311 e. The molecule has 0 amide bonds. The van der Waals surface area contributed by atoms with Crippen molar-refractivity contribution in [3.05, 3.63) is 24.3 Å². The van der Waals surface area contributed by atoms with Crippen molar-refractivity contribution in [2.24, 2.45) is 0 Å². The van der Waals surface area contributed by atoms with Crippen molar-refractivity contribution in [1.82, 2.24) is 5.32 Å². The third kappa shape index (κ3) is 7.35. The van der Waals surface area contributed by atoms with Crippen LogP contribution in [0.15, 0.2) is 24.3 Å². The van der Waals surface area contributed by atoms with Gasteiger partial charge in [-0.25, -0.2) is 0 Å². The highest BCUT2D eigenvalue weighted by molar-refractivity contribution is 5.72. The Labute approximate surface area is 145 Å². The van der Waals surface area contributed by atoms with Crippen LogP contribution < -0.4 is 14.8 Å². The van der Waals surface area contributed by atoms with E-state index in [0.717, 1.165) is 31.6 Å². The van der Waals surface area contributed by atoms with Crippen LogP contribution in [-0.2, 0) is 4.79 Å². The van der Waals surface area contributed by atoms with Gasteiger partial charge in [0, 0.05) is 12.5 Å². The van der Waals surface area contributed by atoms with Gasteiger partial charge in [0.1, 0.15) is 11.5 Å². The molecule has 0 bridgehead atoms. The number of esters is 1. The van der Waals surface area contributed by atoms with Gasteiger partial charge in [0.2, 0.25) is 0 Å². The molecule has 1 fully saturated rings. The standard InChI is InChI=1S/C20H31NO3/c1-2-3-4-5-9-20(22)24-19-12-10-18(11-13-19)23-16-14-17-8-6-7-15-21-17/h10-13,17,21H,2-9,14-16H2,1H3. The quantitative estimate of drug-likeness (QED) is 0.390. The van der Waals surface area contributed by atoms with E-state index < -0.39 is 0 Å². The zero-order chi connectivity index (χ0) is 17.0. The van der Waals surface area contributed by atoms with Gasteiger partial charge >= 0.3 is 5.97 Å². The molecule has 1 aliphatic heterocycles. The van der Waals surface area contributed by atoms with Crippen LogP contribution in [0.2, 0.25) is 0 Å². The van der Waals surface area contributed by atoms with E-state index in [2.05, 4.69) is 12.2 Å². The van der Waals surface area contributed by atoms with E-state index >= 15 is 0 Å². The van der Waals surface area contributed by atoms with Crippen LogP contribution in [0.25, 0.3) is 0 Å². The fourth-order valence-corrected chi connectivity index (χ4v) is 2.97. The topological polar surface area (TPSA) is 47.6 Å². The highest BCUT2D eigenvalue weighted by atomic mass is 16.5. The number of hydrogen-bond acceptors (Lipinski definition) is 4. The van der Waals surface area contributed by atoms with Crippen LogP contribution in [-0.4, -0.2) is 25.2 Å². The molecular formula is C20H31NO3. The van der Waals surface area contributed by atoms with Crippen molar-refractivity contribution in [3.63, 3.8) is 0 Å². The minimum Gasteiger partial charge on any atom is -0.494 e. The van der Waals surface area contributed by atoms with Crippen LogP contribution in [0.1, 0.15) is 64.7 Å². The summed E-state index contributed by atoms with van der Waals surface area (Å²) < 4.78 is 11.1. The second-order valence-corrected chi connectivity index (χ2v) is 6.54. The van der Waals surface area contributed by atoms with E-state index in [0.29, 0.717) is 24.8 Å². The molecule has 0 radical (unpaired) electrons. The largest absolute Gasteiger partial charge is 0.494 e. The molecule has 1 aromatic carbocycles. The predicted octanol–water partition coefficient (Wildman–Crippen LogP) is 4.47. The lowest BCUT2D eigenvalue weighted by atomic mass is 10.0. The number of carbonyl (C=O) groups is 1. The average Bonchev–Trinajstić information content (AvgIpc) is 2.61. The third-order valence-electron chi connectivity index (χ3n) is 4.44. The molecule has 1 saturated heterocycles. The molecular weight excluding hydrogens is 302 g/mol. The van der Waals surface area contributed by atoms with E-state index in [1.807, 2.05) is 12.1 Å². The summed E-state index contributed by atoms with van der Waals surface area (Å²) in [6, 6.07) is 7.94. The maximum atomic E-state index is 11.7. The number of nitrogens with one attached hydrogen (secondary N) is 1. The van der Waals surface area contributed by atoms with Crippen molar-refractivity contribution >= 4 is 5.97 Å². The van der Waals surface area contributed by atoms with E-state index in [9.17, 15) is 4.79 Å². The zero-order valence-corrected chi connectivity index (χ0v) is 14.9. The van der Waals surface area contributed by atoms with E-state index in [1.54, 1.807) is 12.1 Å². The van der Waals surface area contributed by atoms with Crippen LogP contribution in [0, 0.1) is 0 Å². The Hall–Kier alpha value is -1.55. The van der Waals surface area contributed by atoms with Crippen molar-refractivity contribution in [1.29, 1.82) is 0 Å². The van der Waals surface area contributed by atoms with Gasteiger partial charge in [-0.05, 0) is 56.5 Å². The van der Waals surface area contributed by atoms with E-state index in [1.165, 1.54) is 32.1 Å². The van der Waals surface area contributed by atoms with Crippen molar-refractivity contribution in [3.8, 4) is 11.5 Å². The van der Waals surface area contributed by atoms with Gasteiger partial charge in [-0.3, -0.25) is 4.79 Å². The highest BCUT2D eigenvalue weighted by Crippen LogP contribution is 2.19. The first-order chi connectivity index (χ1) is 11.8.